The van der Waals surface area contributed by atoms with Gasteiger partial charge in [0.1, 0.15) is 18.5 Å². The molecule has 0 N–H and O–H groups in total. The Kier molecular flexibility index (Phi) is 6.52. The standard InChI is InChI=1S/C27H30FN3O3/c28-21-8-6-7-20(17-21)18-25-27(33)31(23-11-4-5-12-24(23)34-25)19-26(32)30-15-13-29(14-16-30)22-9-2-1-3-10-22/h1-3,6-10,17-18,23-24H,4-5,11-16,19H2/b25-18+. The van der Waals surface area contributed by atoms with Crippen LogP contribution in [0.4, 0.5) is 10.1 Å². The third-order valence-electron chi connectivity index (χ3n) is 7.02. The predicted octanol–water partition coefficient (Wildman–Crippen LogP) is 3.69. The summed E-state index contributed by atoms with van der Waals surface area (Å²) < 4.78 is 19.7. The van der Waals surface area contributed by atoms with Gasteiger partial charge in [-0.25, -0.2) is 4.39 Å². The molecule has 2 heterocycles. The van der Waals surface area contributed by atoms with Gasteiger partial charge in [-0.3, -0.25) is 9.59 Å². The van der Waals surface area contributed by atoms with Gasteiger partial charge in [0.2, 0.25) is 5.91 Å². The van der Waals surface area contributed by atoms with E-state index in [1.807, 2.05) is 23.1 Å². The molecule has 7 heteroatoms. The van der Waals surface area contributed by atoms with Gasteiger partial charge in [-0.15, -0.1) is 0 Å². The third-order valence-corrected chi connectivity index (χ3v) is 7.02. The Labute approximate surface area is 199 Å². The molecule has 6 nitrogen and oxygen atoms in total. The van der Waals surface area contributed by atoms with E-state index in [9.17, 15) is 14.0 Å². The molecule has 0 radical (unpaired) electrons. The number of ether oxygens (including phenoxy) is 1. The molecule has 34 heavy (non-hydrogen) atoms. The molecule has 178 valence electrons. The normalized spacial score (nSPS) is 24.1. The van der Waals surface area contributed by atoms with Crippen LogP contribution in [0.2, 0.25) is 0 Å². The number of fused-ring (bicyclic) bond motifs is 1. The Balaban J connectivity index is 1.29. The van der Waals surface area contributed by atoms with Crippen molar-refractivity contribution in [3.05, 3.63) is 71.7 Å². The zero-order chi connectivity index (χ0) is 23.5. The van der Waals surface area contributed by atoms with Crippen LogP contribution in [0.3, 0.4) is 0 Å². The predicted molar refractivity (Wildman–Crippen MR) is 128 cm³/mol. The second-order valence-electron chi connectivity index (χ2n) is 9.21. The fourth-order valence-electron chi connectivity index (χ4n) is 5.21. The molecule has 2 aromatic rings. The summed E-state index contributed by atoms with van der Waals surface area (Å²) in [5.74, 6) is -0.494. The van der Waals surface area contributed by atoms with E-state index < -0.39 is 0 Å². The van der Waals surface area contributed by atoms with Crippen molar-refractivity contribution < 1.29 is 18.7 Å². The van der Waals surface area contributed by atoms with Gasteiger partial charge in [0.05, 0.1) is 6.04 Å². The summed E-state index contributed by atoms with van der Waals surface area (Å²) in [6, 6.07) is 16.2. The van der Waals surface area contributed by atoms with Crippen molar-refractivity contribution in [3.63, 3.8) is 0 Å². The smallest absolute Gasteiger partial charge is 0.289 e. The summed E-state index contributed by atoms with van der Waals surface area (Å²) in [5, 5.41) is 0. The fraction of sp³-hybridized carbons (Fsp3) is 0.407. The summed E-state index contributed by atoms with van der Waals surface area (Å²) >= 11 is 0. The molecule has 2 unspecified atom stereocenters. The number of piperazine rings is 1. The zero-order valence-corrected chi connectivity index (χ0v) is 19.2. The van der Waals surface area contributed by atoms with Gasteiger partial charge in [-0.2, -0.15) is 0 Å². The highest BCUT2D eigenvalue weighted by atomic mass is 19.1. The molecule has 2 aliphatic heterocycles. The first-order chi connectivity index (χ1) is 16.6. The monoisotopic (exact) mass is 463 g/mol. The number of carbonyl (C=O) groups excluding carboxylic acids is 2. The Hall–Kier alpha value is -3.35. The van der Waals surface area contributed by atoms with Crippen molar-refractivity contribution in [1.82, 2.24) is 9.80 Å². The molecule has 0 bridgehead atoms. The molecule has 0 aromatic heterocycles. The lowest BCUT2D eigenvalue weighted by Gasteiger charge is -2.45. The van der Waals surface area contributed by atoms with Gasteiger partial charge in [-0.05, 0) is 55.2 Å². The largest absolute Gasteiger partial charge is 0.482 e. The minimum atomic E-state index is -0.366. The quantitative estimate of drug-likeness (QED) is 0.649. The number of carbonyl (C=O) groups is 2. The molecule has 0 spiro atoms. The maximum atomic E-state index is 13.7. The zero-order valence-electron chi connectivity index (χ0n) is 19.2. The van der Waals surface area contributed by atoms with Crippen LogP contribution in [0.1, 0.15) is 31.2 Å². The summed E-state index contributed by atoms with van der Waals surface area (Å²) in [5.41, 5.74) is 1.73. The summed E-state index contributed by atoms with van der Waals surface area (Å²) in [6.45, 7) is 2.85. The van der Waals surface area contributed by atoms with Gasteiger partial charge in [0, 0.05) is 31.9 Å². The van der Waals surface area contributed by atoms with Crippen LogP contribution in [-0.4, -0.2) is 66.5 Å². The van der Waals surface area contributed by atoms with Crippen molar-refractivity contribution in [2.75, 3.05) is 37.6 Å². The Bertz CT molecular complexity index is 1070. The number of hydrogen-bond acceptors (Lipinski definition) is 4. The van der Waals surface area contributed by atoms with E-state index in [4.69, 9.17) is 4.74 Å². The van der Waals surface area contributed by atoms with E-state index in [-0.39, 0.29) is 42.1 Å². The molecule has 1 aliphatic carbocycles. The number of benzene rings is 2. The first-order valence-electron chi connectivity index (χ1n) is 12.1. The molecule has 2 atom stereocenters. The highest BCUT2D eigenvalue weighted by molar-refractivity contribution is 5.98. The van der Waals surface area contributed by atoms with Gasteiger partial charge in [0.25, 0.3) is 5.91 Å². The Morgan fingerprint density at radius 1 is 1.00 bits per heavy atom. The van der Waals surface area contributed by atoms with Crippen molar-refractivity contribution >= 4 is 23.6 Å². The van der Waals surface area contributed by atoms with E-state index in [0.717, 1.165) is 44.5 Å². The van der Waals surface area contributed by atoms with Crippen molar-refractivity contribution in [3.8, 4) is 0 Å². The van der Waals surface area contributed by atoms with Crippen LogP contribution in [0, 0.1) is 5.82 Å². The SMILES string of the molecule is O=C(CN1C(=O)/C(=C\c2cccc(F)c2)OC2CCCCC21)N1CCN(c2ccccc2)CC1. The summed E-state index contributed by atoms with van der Waals surface area (Å²) in [4.78, 5) is 32.5. The summed E-state index contributed by atoms with van der Waals surface area (Å²) in [6.07, 6.45) is 5.19. The highest BCUT2D eigenvalue weighted by Crippen LogP contribution is 2.33. The minimum absolute atomic E-state index is 0.0302. The number of morpholine rings is 1. The van der Waals surface area contributed by atoms with Crippen LogP contribution in [0.25, 0.3) is 6.08 Å². The Morgan fingerprint density at radius 2 is 1.76 bits per heavy atom. The second kappa shape index (κ2) is 9.87. The third kappa shape index (κ3) is 4.79. The number of amides is 2. The van der Waals surface area contributed by atoms with Crippen LogP contribution >= 0.6 is 0 Å². The molecular formula is C27H30FN3O3. The molecule has 3 fully saturated rings. The number of nitrogens with zero attached hydrogens (tertiary/aromatic N) is 3. The summed E-state index contributed by atoms with van der Waals surface area (Å²) in [7, 11) is 0. The van der Waals surface area contributed by atoms with Gasteiger partial charge >= 0.3 is 0 Å². The maximum Gasteiger partial charge on any atom is 0.289 e. The first kappa shape index (κ1) is 22.4. The van der Waals surface area contributed by atoms with E-state index in [1.54, 1.807) is 23.1 Å². The van der Waals surface area contributed by atoms with E-state index in [2.05, 4.69) is 17.0 Å². The number of hydrogen-bond donors (Lipinski definition) is 0. The average molecular weight is 464 g/mol. The Morgan fingerprint density at radius 3 is 2.53 bits per heavy atom. The minimum Gasteiger partial charge on any atom is -0.482 e. The van der Waals surface area contributed by atoms with Gasteiger partial charge in [-0.1, -0.05) is 36.8 Å². The van der Waals surface area contributed by atoms with E-state index in [0.29, 0.717) is 18.7 Å². The second-order valence-corrected chi connectivity index (χ2v) is 9.21. The van der Waals surface area contributed by atoms with Crippen LogP contribution < -0.4 is 4.90 Å². The topological polar surface area (TPSA) is 53.1 Å². The first-order valence-corrected chi connectivity index (χ1v) is 12.1. The number of anilines is 1. The van der Waals surface area contributed by atoms with Gasteiger partial charge in [0.15, 0.2) is 5.76 Å². The highest BCUT2D eigenvalue weighted by Gasteiger charge is 2.42. The lowest BCUT2D eigenvalue weighted by molar-refractivity contribution is -0.154. The maximum absolute atomic E-state index is 13.7. The number of rotatable bonds is 4. The molecule has 1 saturated carbocycles. The molecular weight excluding hydrogens is 433 g/mol. The van der Waals surface area contributed by atoms with E-state index in [1.165, 1.54) is 12.1 Å². The molecule has 3 aliphatic rings. The van der Waals surface area contributed by atoms with Crippen LogP contribution in [0.15, 0.2) is 60.4 Å². The molecule has 5 rings (SSSR count). The van der Waals surface area contributed by atoms with Crippen molar-refractivity contribution in [1.29, 1.82) is 0 Å². The van der Waals surface area contributed by atoms with E-state index >= 15 is 0 Å². The van der Waals surface area contributed by atoms with Crippen molar-refractivity contribution in [2.45, 2.75) is 37.8 Å². The van der Waals surface area contributed by atoms with Crippen LogP contribution in [0.5, 0.6) is 0 Å². The average Bonchev–Trinajstić information content (AvgIpc) is 2.87. The molecule has 2 amide bonds. The lowest BCUT2D eigenvalue weighted by Crippen LogP contribution is -2.58. The fourth-order valence-corrected chi connectivity index (χ4v) is 5.21. The number of halogens is 1. The van der Waals surface area contributed by atoms with Crippen LogP contribution in [-0.2, 0) is 14.3 Å². The van der Waals surface area contributed by atoms with Crippen molar-refractivity contribution in [2.24, 2.45) is 0 Å². The molecule has 2 saturated heterocycles. The lowest BCUT2D eigenvalue weighted by atomic mass is 9.89. The van der Waals surface area contributed by atoms with Gasteiger partial charge < -0.3 is 19.4 Å². The number of para-hydroxylation sites is 1. The molecule has 2 aromatic carbocycles.